The van der Waals surface area contributed by atoms with Crippen molar-refractivity contribution < 1.29 is 23.5 Å². The first kappa shape index (κ1) is 26.5. The third kappa shape index (κ3) is 7.23. The summed E-state index contributed by atoms with van der Waals surface area (Å²) in [5.74, 6) is 0.364. The molecule has 11 nitrogen and oxygen atoms in total. The fourth-order valence-corrected chi connectivity index (χ4v) is 4.19. The van der Waals surface area contributed by atoms with Gasteiger partial charge in [0, 0.05) is 30.0 Å². The molecular weight excluding hydrogens is 481 g/mol. The molecule has 0 radical (unpaired) electrons. The molecule has 2 heterocycles. The second-order valence-electron chi connectivity index (χ2n) is 10.5. The van der Waals surface area contributed by atoms with E-state index in [0.717, 1.165) is 0 Å². The predicted octanol–water partition coefficient (Wildman–Crippen LogP) is 3.80. The molecule has 37 heavy (non-hydrogen) atoms. The van der Waals surface area contributed by atoms with Gasteiger partial charge in [0.1, 0.15) is 11.3 Å². The number of alkyl carbamates (subject to hydrolysis) is 1. The number of aromatic nitrogens is 4. The van der Waals surface area contributed by atoms with Crippen LogP contribution in [0.25, 0.3) is 11.3 Å². The highest BCUT2D eigenvalue weighted by molar-refractivity contribution is 5.91. The Kier molecular flexibility index (Phi) is 7.74. The smallest absolute Gasteiger partial charge is 0.407 e. The quantitative estimate of drug-likeness (QED) is 0.569. The van der Waals surface area contributed by atoms with Gasteiger partial charge in [0.25, 0.3) is 0 Å². The first-order valence-electron chi connectivity index (χ1n) is 12.5. The average Bonchev–Trinajstić information content (AvgIpc) is 3.61. The SMILES string of the molecule is COc1ncc(-c2cnc(N(C(=O)NCC3(F)CC3)[C@H]3CC[C@H](NC(=O)OC(C)(C)C)CC3)cn2)cn1. The van der Waals surface area contributed by atoms with E-state index < -0.39 is 23.4 Å². The van der Waals surface area contributed by atoms with Crippen molar-refractivity contribution in [1.29, 1.82) is 0 Å². The van der Waals surface area contributed by atoms with E-state index >= 15 is 0 Å². The van der Waals surface area contributed by atoms with Gasteiger partial charge >= 0.3 is 18.1 Å². The van der Waals surface area contributed by atoms with E-state index in [1.54, 1.807) is 23.5 Å². The molecule has 2 fully saturated rings. The molecule has 2 aliphatic carbocycles. The summed E-state index contributed by atoms with van der Waals surface area (Å²) < 4.78 is 24.6. The summed E-state index contributed by atoms with van der Waals surface area (Å²) in [5, 5.41) is 5.64. The number of ether oxygens (including phenoxy) is 2. The minimum absolute atomic E-state index is 0.0351. The van der Waals surface area contributed by atoms with Crippen LogP contribution < -0.4 is 20.3 Å². The summed E-state index contributed by atoms with van der Waals surface area (Å²) in [4.78, 5) is 44.1. The number of rotatable bonds is 7. The van der Waals surface area contributed by atoms with Crippen LogP contribution >= 0.6 is 0 Å². The fourth-order valence-electron chi connectivity index (χ4n) is 4.19. The number of carbonyl (C=O) groups is 2. The number of methoxy groups -OCH3 is 1. The van der Waals surface area contributed by atoms with E-state index in [-0.39, 0.29) is 24.6 Å². The summed E-state index contributed by atoms with van der Waals surface area (Å²) in [7, 11) is 1.48. The van der Waals surface area contributed by atoms with Crippen molar-refractivity contribution in [2.75, 3.05) is 18.6 Å². The largest absolute Gasteiger partial charge is 0.467 e. The van der Waals surface area contributed by atoms with Crippen molar-refractivity contribution in [3.63, 3.8) is 0 Å². The van der Waals surface area contributed by atoms with Crippen molar-refractivity contribution in [3.05, 3.63) is 24.8 Å². The van der Waals surface area contributed by atoms with Crippen molar-refractivity contribution in [2.45, 2.75) is 82.6 Å². The topological polar surface area (TPSA) is 131 Å². The molecule has 2 aromatic rings. The highest BCUT2D eigenvalue weighted by Gasteiger charge is 2.44. The van der Waals surface area contributed by atoms with E-state index in [2.05, 4.69) is 30.6 Å². The standard InChI is InChI=1S/C25H34FN7O4/c1-24(2,3)37-23(35)32-17-5-7-18(8-6-17)33(22(34)31-15-25(26)9-10-25)20-14-27-19(13-28-20)16-11-29-21(36-4)30-12-16/h11-14,17-18H,5-10,15H2,1-4H3,(H,31,34)(H,32,35)/t17-,18-. The van der Waals surface area contributed by atoms with Crippen LogP contribution in [0.4, 0.5) is 19.8 Å². The number of nitrogens with zero attached hydrogens (tertiary/aromatic N) is 5. The maximum atomic E-state index is 14.2. The number of alkyl halides is 1. The Morgan fingerprint density at radius 2 is 1.73 bits per heavy atom. The fraction of sp³-hybridized carbons (Fsp3) is 0.600. The second kappa shape index (κ2) is 10.8. The zero-order chi connectivity index (χ0) is 26.6. The lowest BCUT2D eigenvalue weighted by Crippen LogP contribution is -2.51. The number of anilines is 1. The van der Waals surface area contributed by atoms with Crippen LogP contribution in [0.15, 0.2) is 24.8 Å². The third-order valence-corrected chi connectivity index (χ3v) is 6.34. The number of amides is 3. The molecule has 0 unspecified atom stereocenters. The molecule has 0 atom stereocenters. The molecule has 2 saturated carbocycles. The molecule has 0 saturated heterocycles. The van der Waals surface area contributed by atoms with Gasteiger partial charge in [-0.15, -0.1) is 0 Å². The van der Waals surface area contributed by atoms with Gasteiger partial charge in [-0.1, -0.05) is 0 Å². The first-order valence-corrected chi connectivity index (χ1v) is 12.5. The number of hydrogen-bond acceptors (Lipinski definition) is 8. The predicted molar refractivity (Wildman–Crippen MR) is 134 cm³/mol. The van der Waals surface area contributed by atoms with Crippen LogP contribution in [-0.2, 0) is 4.74 Å². The van der Waals surface area contributed by atoms with Crippen LogP contribution in [0.5, 0.6) is 6.01 Å². The Labute approximate surface area is 215 Å². The van der Waals surface area contributed by atoms with Gasteiger partial charge in [0.05, 0.1) is 31.7 Å². The van der Waals surface area contributed by atoms with E-state index in [4.69, 9.17) is 9.47 Å². The van der Waals surface area contributed by atoms with Crippen molar-refractivity contribution in [1.82, 2.24) is 30.6 Å². The molecule has 0 aliphatic heterocycles. The third-order valence-electron chi connectivity index (χ3n) is 6.34. The van der Waals surface area contributed by atoms with Crippen LogP contribution in [0, 0.1) is 0 Å². The van der Waals surface area contributed by atoms with Crippen molar-refractivity contribution in [3.8, 4) is 17.3 Å². The molecule has 3 amide bonds. The van der Waals surface area contributed by atoms with E-state index in [1.165, 1.54) is 13.3 Å². The number of hydrogen-bond donors (Lipinski definition) is 2. The number of halogens is 1. The Morgan fingerprint density at radius 1 is 1.05 bits per heavy atom. The number of nitrogens with one attached hydrogen (secondary N) is 2. The minimum Gasteiger partial charge on any atom is -0.467 e. The molecule has 0 aromatic carbocycles. The lowest BCUT2D eigenvalue weighted by Gasteiger charge is -2.36. The highest BCUT2D eigenvalue weighted by atomic mass is 19.1. The Hall–Kier alpha value is -3.57. The normalized spacial score (nSPS) is 20.5. The molecule has 4 rings (SSSR count). The monoisotopic (exact) mass is 515 g/mol. The zero-order valence-corrected chi connectivity index (χ0v) is 21.7. The number of urea groups is 1. The lowest BCUT2D eigenvalue weighted by molar-refractivity contribution is 0.0491. The molecule has 12 heteroatoms. The van der Waals surface area contributed by atoms with Gasteiger partial charge in [0.15, 0.2) is 5.82 Å². The zero-order valence-electron chi connectivity index (χ0n) is 21.7. The summed E-state index contributed by atoms with van der Waals surface area (Å²) in [6.07, 6.45) is 9.26. The average molecular weight is 516 g/mol. The molecule has 0 spiro atoms. The van der Waals surface area contributed by atoms with Crippen LogP contribution in [-0.4, -0.2) is 69.1 Å². The lowest BCUT2D eigenvalue weighted by atomic mass is 9.90. The van der Waals surface area contributed by atoms with Crippen LogP contribution in [0.2, 0.25) is 0 Å². The molecule has 200 valence electrons. The second-order valence-corrected chi connectivity index (χ2v) is 10.5. The maximum absolute atomic E-state index is 14.2. The molecule has 2 aliphatic rings. The van der Waals surface area contributed by atoms with E-state index in [0.29, 0.717) is 55.6 Å². The molecule has 2 aromatic heterocycles. The van der Waals surface area contributed by atoms with Crippen LogP contribution in [0.3, 0.4) is 0 Å². The summed E-state index contributed by atoms with van der Waals surface area (Å²) >= 11 is 0. The molecule has 2 N–H and O–H groups in total. The van der Waals surface area contributed by atoms with Gasteiger partial charge in [-0.2, -0.15) is 0 Å². The molecular formula is C25H34FN7O4. The minimum atomic E-state index is -1.32. The van der Waals surface area contributed by atoms with E-state index in [9.17, 15) is 14.0 Å². The van der Waals surface area contributed by atoms with Gasteiger partial charge < -0.3 is 20.1 Å². The Balaban J connectivity index is 1.45. The first-order chi connectivity index (χ1) is 17.5. The van der Waals surface area contributed by atoms with Crippen molar-refractivity contribution in [2.24, 2.45) is 0 Å². The Morgan fingerprint density at radius 3 is 2.27 bits per heavy atom. The van der Waals surface area contributed by atoms with Crippen molar-refractivity contribution >= 4 is 17.9 Å². The van der Waals surface area contributed by atoms with E-state index in [1.807, 2.05) is 20.8 Å². The number of carbonyl (C=O) groups excluding carboxylic acids is 2. The highest BCUT2D eigenvalue weighted by Crippen LogP contribution is 2.39. The summed E-state index contributed by atoms with van der Waals surface area (Å²) in [6.45, 7) is 5.41. The van der Waals surface area contributed by atoms with Gasteiger partial charge in [-0.3, -0.25) is 9.88 Å². The van der Waals surface area contributed by atoms with Gasteiger partial charge in [-0.25, -0.2) is 28.9 Å². The Bertz CT molecular complexity index is 1080. The maximum Gasteiger partial charge on any atom is 0.407 e. The summed E-state index contributed by atoms with van der Waals surface area (Å²) in [5.41, 5.74) is -0.704. The van der Waals surface area contributed by atoms with Gasteiger partial charge in [-0.05, 0) is 59.3 Å². The van der Waals surface area contributed by atoms with Gasteiger partial charge in [0.2, 0.25) is 0 Å². The molecule has 0 bridgehead atoms. The summed E-state index contributed by atoms with van der Waals surface area (Å²) in [6, 6.07) is -0.410. The van der Waals surface area contributed by atoms with Crippen LogP contribution in [0.1, 0.15) is 59.3 Å².